The quantitative estimate of drug-likeness (QED) is 0.779. The molecule has 2 heterocycles. The SMILES string of the molecule is CCOC(=O)NC(=S)Nc1ccc(C2CN(C(=O)OC(C)(C)C)C2)cn1. The van der Waals surface area contributed by atoms with Crippen molar-refractivity contribution >= 4 is 35.3 Å². The van der Waals surface area contributed by atoms with E-state index in [-0.39, 0.29) is 23.7 Å². The summed E-state index contributed by atoms with van der Waals surface area (Å²) >= 11 is 5.01. The first-order chi connectivity index (χ1) is 12.2. The molecule has 9 heteroatoms. The highest BCUT2D eigenvalue weighted by molar-refractivity contribution is 7.80. The van der Waals surface area contributed by atoms with E-state index >= 15 is 0 Å². The largest absolute Gasteiger partial charge is 0.450 e. The molecule has 0 saturated carbocycles. The van der Waals surface area contributed by atoms with Crippen LogP contribution in [0.5, 0.6) is 0 Å². The van der Waals surface area contributed by atoms with Crippen LogP contribution < -0.4 is 10.6 Å². The highest BCUT2D eigenvalue weighted by Gasteiger charge is 2.34. The number of thiocarbonyl (C=S) groups is 1. The molecule has 1 aliphatic rings. The number of carbonyl (C=O) groups excluding carboxylic acids is 2. The number of alkyl carbamates (subject to hydrolysis) is 1. The predicted octanol–water partition coefficient (Wildman–Crippen LogP) is 2.86. The second-order valence-electron chi connectivity index (χ2n) is 6.86. The van der Waals surface area contributed by atoms with Crippen LogP contribution in [0.4, 0.5) is 15.4 Å². The second kappa shape index (κ2) is 8.31. The molecule has 0 radical (unpaired) electrons. The fourth-order valence-corrected chi connectivity index (χ4v) is 2.48. The minimum Gasteiger partial charge on any atom is -0.450 e. The summed E-state index contributed by atoms with van der Waals surface area (Å²) in [6.45, 7) is 8.72. The molecule has 0 aliphatic carbocycles. The zero-order valence-electron chi connectivity index (χ0n) is 15.4. The Morgan fingerprint density at radius 1 is 1.35 bits per heavy atom. The first kappa shape index (κ1) is 19.9. The lowest BCUT2D eigenvalue weighted by molar-refractivity contribution is 0.00816. The molecule has 1 saturated heterocycles. The lowest BCUT2D eigenvalue weighted by Gasteiger charge is -2.39. The number of aromatic nitrogens is 1. The third kappa shape index (κ3) is 5.83. The molecule has 1 aromatic rings. The van der Waals surface area contributed by atoms with Crippen molar-refractivity contribution in [1.82, 2.24) is 15.2 Å². The Hall–Kier alpha value is -2.42. The molecular weight excluding hydrogens is 356 g/mol. The lowest BCUT2D eigenvalue weighted by atomic mass is 9.93. The Bertz CT molecular complexity index is 666. The van der Waals surface area contributed by atoms with E-state index in [0.29, 0.717) is 18.9 Å². The van der Waals surface area contributed by atoms with Gasteiger partial charge >= 0.3 is 12.2 Å². The van der Waals surface area contributed by atoms with Gasteiger partial charge in [0.1, 0.15) is 11.4 Å². The maximum absolute atomic E-state index is 11.9. The lowest BCUT2D eigenvalue weighted by Crippen LogP contribution is -2.50. The first-order valence-electron chi connectivity index (χ1n) is 8.36. The summed E-state index contributed by atoms with van der Waals surface area (Å²) in [4.78, 5) is 29.2. The molecule has 1 aromatic heterocycles. The molecule has 1 fully saturated rings. The van der Waals surface area contributed by atoms with E-state index in [1.165, 1.54) is 0 Å². The van der Waals surface area contributed by atoms with Crippen LogP contribution in [0, 0.1) is 0 Å². The number of likely N-dealkylation sites (tertiary alicyclic amines) is 1. The van der Waals surface area contributed by atoms with E-state index in [0.717, 1.165) is 5.56 Å². The molecule has 0 bridgehead atoms. The summed E-state index contributed by atoms with van der Waals surface area (Å²) in [5.41, 5.74) is 0.534. The van der Waals surface area contributed by atoms with Crippen molar-refractivity contribution in [3.8, 4) is 0 Å². The molecule has 1 aliphatic heterocycles. The summed E-state index contributed by atoms with van der Waals surface area (Å²) in [6.07, 6.45) is 0.820. The third-order valence-electron chi connectivity index (χ3n) is 3.52. The Morgan fingerprint density at radius 3 is 2.58 bits per heavy atom. The molecule has 2 N–H and O–H groups in total. The number of carbonyl (C=O) groups is 2. The summed E-state index contributed by atoms with van der Waals surface area (Å²) in [5, 5.41) is 5.31. The number of ether oxygens (including phenoxy) is 2. The molecule has 142 valence electrons. The zero-order valence-corrected chi connectivity index (χ0v) is 16.2. The molecular formula is C17H24N4O4S. The fraction of sp³-hybridized carbons (Fsp3) is 0.529. The van der Waals surface area contributed by atoms with Crippen LogP contribution in [0.2, 0.25) is 0 Å². The average molecular weight is 380 g/mol. The number of pyridine rings is 1. The summed E-state index contributed by atoms with van der Waals surface area (Å²) in [7, 11) is 0. The van der Waals surface area contributed by atoms with Gasteiger partial charge in [0.2, 0.25) is 0 Å². The van der Waals surface area contributed by atoms with Crippen molar-refractivity contribution in [1.29, 1.82) is 0 Å². The molecule has 8 nitrogen and oxygen atoms in total. The number of rotatable bonds is 3. The normalized spacial score (nSPS) is 14.2. The molecule has 2 amide bonds. The minimum absolute atomic E-state index is 0.114. The topological polar surface area (TPSA) is 92.8 Å². The van der Waals surface area contributed by atoms with E-state index in [1.807, 2.05) is 26.8 Å². The van der Waals surface area contributed by atoms with Crippen LogP contribution in [0.3, 0.4) is 0 Å². The van der Waals surface area contributed by atoms with Gasteiger partial charge in [-0.1, -0.05) is 6.07 Å². The van der Waals surface area contributed by atoms with Crippen molar-refractivity contribution in [2.24, 2.45) is 0 Å². The first-order valence-corrected chi connectivity index (χ1v) is 8.77. The summed E-state index contributed by atoms with van der Waals surface area (Å²) in [6, 6.07) is 3.68. The van der Waals surface area contributed by atoms with Gasteiger partial charge in [-0.2, -0.15) is 0 Å². The Labute approximate surface area is 158 Å². The van der Waals surface area contributed by atoms with Crippen LogP contribution in [0.15, 0.2) is 18.3 Å². The van der Waals surface area contributed by atoms with Gasteiger partial charge in [0.05, 0.1) is 6.61 Å². The second-order valence-corrected chi connectivity index (χ2v) is 7.27. The maximum atomic E-state index is 11.9. The number of nitrogens with zero attached hydrogens (tertiary/aromatic N) is 2. The summed E-state index contributed by atoms with van der Waals surface area (Å²) < 4.78 is 10.1. The van der Waals surface area contributed by atoms with Crippen LogP contribution >= 0.6 is 12.2 Å². The van der Waals surface area contributed by atoms with Gasteiger partial charge in [-0.15, -0.1) is 0 Å². The van der Waals surface area contributed by atoms with Gasteiger partial charge in [0.15, 0.2) is 5.11 Å². The van der Waals surface area contributed by atoms with E-state index in [2.05, 4.69) is 15.6 Å². The molecule has 2 rings (SSSR count). The smallest absolute Gasteiger partial charge is 0.413 e. The average Bonchev–Trinajstić information content (AvgIpc) is 2.45. The van der Waals surface area contributed by atoms with Gasteiger partial charge in [-0.05, 0) is 51.5 Å². The highest BCUT2D eigenvalue weighted by Crippen LogP contribution is 2.28. The highest BCUT2D eigenvalue weighted by atomic mass is 32.1. The number of amides is 2. The molecule has 26 heavy (non-hydrogen) atoms. The Balaban J connectivity index is 1.81. The van der Waals surface area contributed by atoms with E-state index in [9.17, 15) is 9.59 Å². The van der Waals surface area contributed by atoms with Crippen molar-refractivity contribution in [3.63, 3.8) is 0 Å². The van der Waals surface area contributed by atoms with Gasteiger partial charge in [-0.25, -0.2) is 14.6 Å². The van der Waals surface area contributed by atoms with Crippen LogP contribution in [0.1, 0.15) is 39.2 Å². The van der Waals surface area contributed by atoms with Gasteiger partial charge < -0.3 is 19.7 Å². The molecule has 0 aromatic carbocycles. The van der Waals surface area contributed by atoms with Crippen molar-refractivity contribution in [2.75, 3.05) is 25.0 Å². The molecule has 0 unspecified atom stereocenters. The maximum Gasteiger partial charge on any atom is 0.413 e. The zero-order chi connectivity index (χ0) is 19.3. The van der Waals surface area contributed by atoms with E-state index in [4.69, 9.17) is 21.7 Å². The van der Waals surface area contributed by atoms with Crippen molar-refractivity contribution in [3.05, 3.63) is 23.9 Å². The van der Waals surface area contributed by atoms with Gasteiger partial charge in [-0.3, -0.25) is 5.32 Å². The standard InChI is InChI=1S/C17H24N4O4S/c1-5-24-15(22)20-14(26)19-13-7-6-11(8-18-13)12-9-21(10-12)16(23)25-17(2,3)4/h6-8,12H,5,9-10H2,1-4H3,(H2,18,19,20,22,26). The minimum atomic E-state index is -0.613. The van der Waals surface area contributed by atoms with Crippen LogP contribution in [0.25, 0.3) is 0 Å². The molecule has 0 atom stereocenters. The third-order valence-corrected chi connectivity index (χ3v) is 3.73. The number of hydrogen-bond acceptors (Lipinski definition) is 6. The Morgan fingerprint density at radius 2 is 2.04 bits per heavy atom. The van der Waals surface area contributed by atoms with E-state index < -0.39 is 11.7 Å². The fourth-order valence-electron chi connectivity index (χ4n) is 2.29. The van der Waals surface area contributed by atoms with Gasteiger partial charge in [0.25, 0.3) is 0 Å². The number of hydrogen-bond donors (Lipinski definition) is 2. The van der Waals surface area contributed by atoms with Crippen LogP contribution in [-0.2, 0) is 9.47 Å². The van der Waals surface area contributed by atoms with Gasteiger partial charge in [0, 0.05) is 25.2 Å². The molecule has 0 spiro atoms. The number of nitrogens with one attached hydrogen (secondary N) is 2. The van der Waals surface area contributed by atoms with Crippen LogP contribution in [-0.4, -0.2) is 52.5 Å². The summed E-state index contributed by atoms with van der Waals surface area (Å²) in [5.74, 6) is 0.743. The monoisotopic (exact) mass is 380 g/mol. The number of anilines is 1. The van der Waals surface area contributed by atoms with E-state index in [1.54, 1.807) is 24.1 Å². The van der Waals surface area contributed by atoms with Crippen molar-refractivity contribution < 1.29 is 19.1 Å². The Kier molecular flexibility index (Phi) is 6.36. The van der Waals surface area contributed by atoms with Crippen molar-refractivity contribution in [2.45, 2.75) is 39.2 Å². The predicted molar refractivity (Wildman–Crippen MR) is 101 cm³/mol.